The Morgan fingerprint density at radius 2 is 1.81 bits per heavy atom. The van der Waals surface area contributed by atoms with Gasteiger partial charge in [-0.05, 0) is 29.3 Å². The number of nitrogens with zero attached hydrogens (tertiary/aromatic N) is 1. The van der Waals surface area contributed by atoms with Gasteiger partial charge in [0, 0.05) is 6.54 Å². The molecule has 0 unspecified atom stereocenters. The highest BCUT2D eigenvalue weighted by molar-refractivity contribution is 5.97. The van der Waals surface area contributed by atoms with Crippen molar-refractivity contribution in [2.45, 2.75) is 6.54 Å². The highest BCUT2D eigenvalue weighted by Gasteiger charge is 2.10. The zero-order valence-corrected chi connectivity index (χ0v) is 15.1. The summed E-state index contributed by atoms with van der Waals surface area (Å²) >= 11 is 0. The molecule has 0 aliphatic carbocycles. The van der Waals surface area contributed by atoms with Gasteiger partial charge in [-0.15, -0.1) is 0 Å². The molecule has 0 saturated carbocycles. The topological polar surface area (TPSA) is 91.6 Å². The van der Waals surface area contributed by atoms with E-state index >= 15 is 0 Å². The van der Waals surface area contributed by atoms with Gasteiger partial charge in [-0.2, -0.15) is 5.26 Å². The predicted octanol–water partition coefficient (Wildman–Crippen LogP) is 3.19. The molecule has 1 amide bonds. The molecule has 0 bridgehead atoms. The minimum atomic E-state index is -0.452. The summed E-state index contributed by atoms with van der Waals surface area (Å²) < 4.78 is 10.2. The second kappa shape index (κ2) is 9.68. The Labute approximate surface area is 158 Å². The summed E-state index contributed by atoms with van der Waals surface area (Å²) in [7, 11) is 2.87. The molecule has 27 heavy (non-hydrogen) atoms. The molecule has 2 aromatic rings. The van der Waals surface area contributed by atoms with Crippen LogP contribution < -0.4 is 14.8 Å². The summed E-state index contributed by atoms with van der Waals surface area (Å²) in [6.07, 6.45) is 4.67. The maximum absolute atomic E-state index is 12.1. The zero-order valence-electron chi connectivity index (χ0n) is 15.1. The van der Waals surface area contributed by atoms with E-state index in [2.05, 4.69) is 5.32 Å². The number of carbonyl (C=O) groups excluding carboxylic acids is 1. The lowest BCUT2D eigenvalue weighted by Gasteiger charge is -2.09. The number of nitrogens with one attached hydrogen (secondary N) is 1. The fourth-order valence-corrected chi connectivity index (χ4v) is 2.30. The monoisotopic (exact) mass is 364 g/mol. The Kier molecular flexibility index (Phi) is 7.03. The van der Waals surface area contributed by atoms with Crippen molar-refractivity contribution in [2.24, 2.45) is 0 Å². The summed E-state index contributed by atoms with van der Waals surface area (Å²) in [5, 5.41) is 21.8. The number of phenols is 1. The first-order valence-corrected chi connectivity index (χ1v) is 8.14. The molecular formula is C21H20N2O4. The largest absolute Gasteiger partial charge is 0.502 e. The van der Waals surface area contributed by atoms with Crippen LogP contribution in [-0.4, -0.2) is 25.2 Å². The van der Waals surface area contributed by atoms with Crippen LogP contribution in [0.1, 0.15) is 11.1 Å². The SMILES string of the molecule is COc1cc(/C=C/C=C(\C#N)C(=O)NCc2ccccc2)cc(OC)c1O. The van der Waals surface area contributed by atoms with E-state index in [1.807, 2.05) is 36.4 Å². The summed E-state index contributed by atoms with van der Waals surface area (Å²) in [5.74, 6) is -0.0178. The predicted molar refractivity (Wildman–Crippen MR) is 102 cm³/mol. The van der Waals surface area contributed by atoms with Crippen LogP contribution in [0.2, 0.25) is 0 Å². The molecule has 0 atom stereocenters. The Morgan fingerprint density at radius 3 is 2.37 bits per heavy atom. The Bertz CT molecular complexity index is 871. The molecule has 2 rings (SSSR count). The first-order valence-electron chi connectivity index (χ1n) is 8.14. The molecule has 6 heteroatoms. The maximum Gasteiger partial charge on any atom is 0.262 e. The smallest absolute Gasteiger partial charge is 0.262 e. The quantitative estimate of drug-likeness (QED) is 0.447. The van der Waals surface area contributed by atoms with E-state index in [1.165, 1.54) is 20.3 Å². The van der Waals surface area contributed by atoms with Crippen molar-refractivity contribution in [2.75, 3.05) is 14.2 Å². The number of aromatic hydroxyl groups is 1. The molecule has 0 aliphatic rings. The van der Waals surface area contributed by atoms with Crippen molar-refractivity contribution in [3.05, 3.63) is 71.3 Å². The van der Waals surface area contributed by atoms with E-state index in [0.29, 0.717) is 12.1 Å². The fourth-order valence-electron chi connectivity index (χ4n) is 2.30. The highest BCUT2D eigenvalue weighted by Crippen LogP contribution is 2.37. The number of phenolic OH excluding ortho intramolecular Hbond substituents is 1. The number of methoxy groups -OCH3 is 2. The number of rotatable bonds is 7. The number of hydrogen-bond acceptors (Lipinski definition) is 5. The first kappa shape index (κ1) is 19.6. The van der Waals surface area contributed by atoms with Crippen LogP contribution in [0.3, 0.4) is 0 Å². The number of amides is 1. The number of nitriles is 1. The molecule has 138 valence electrons. The van der Waals surface area contributed by atoms with Crippen molar-refractivity contribution in [3.8, 4) is 23.3 Å². The summed E-state index contributed by atoms with van der Waals surface area (Å²) in [6, 6.07) is 14.6. The number of ether oxygens (including phenoxy) is 2. The summed E-state index contributed by atoms with van der Waals surface area (Å²) in [6.45, 7) is 0.342. The minimum absolute atomic E-state index is 0.0140. The van der Waals surface area contributed by atoms with Gasteiger partial charge in [0.25, 0.3) is 5.91 Å². The van der Waals surface area contributed by atoms with Gasteiger partial charge in [0.05, 0.1) is 14.2 Å². The molecule has 0 spiro atoms. The molecule has 2 aromatic carbocycles. The van der Waals surface area contributed by atoms with E-state index in [9.17, 15) is 15.2 Å². The van der Waals surface area contributed by atoms with Gasteiger partial charge < -0.3 is 19.9 Å². The minimum Gasteiger partial charge on any atom is -0.502 e. The van der Waals surface area contributed by atoms with Crippen molar-refractivity contribution >= 4 is 12.0 Å². The summed E-state index contributed by atoms with van der Waals surface area (Å²) in [4.78, 5) is 12.1. The Hall–Kier alpha value is -3.72. The zero-order chi connectivity index (χ0) is 19.6. The summed E-state index contributed by atoms with van der Waals surface area (Å²) in [5.41, 5.74) is 1.61. The van der Waals surface area contributed by atoms with E-state index in [1.54, 1.807) is 24.3 Å². The Morgan fingerprint density at radius 1 is 1.19 bits per heavy atom. The highest BCUT2D eigenvalue weighted by atomic mass is 16.5. The van der Waals surface area contributed by atoms with Gasteiger partial charge in [0.15, 0.2) is 11.5 Å². The maximum atomic E-state index is 12.1. The standard InChI is InChI=1S/C21H20N2O4/c1-26-18-11-16(12-19(27-2)20(18)24)9-6-10-17(13-22)21(25)23-14-15-7-4-3-5-8-15/h3-12,24H,14H2,1-2H3,(H,23,25)/b9-6+,17-10+. The van der Waals surface area contributed by atoms with Crippen molar-refractivity contribution in [3.63, 3.8) is 0 Å². The third-order valence-corrected chi connectivity index (χ3v) is 3.71. The van der Waals surface area contributed by atoms with Crippen molar-refractivity contribution in [1.29, 1.82) is 5.26 Å². The van der Waals surface area contributed by atoms with Crippen molar-refractivity contribution < 1.29 is 19.4 Å². The van der Waals surface area contributed by atoms with Crippen molar-refractivity contribution in [1.82, 2.24) is 5.32 Å². The normalized spacial score (nSPS) is 11.1. The number of allylic oxidation sites excluding steroid dienone is 2. The third-order valence-electron chi connectivity index (χ3n) is 3.71. The molecule has 0 fully saturated rings. The van der Waals surface area contributed by atoms with E-state index in [-0.39, 0.29) is 22.8 Å². The average Bonchev–Trinajstić information content (AvgIpc) is 2.71. The van der Waals surface area contributed by atoms with Gasteiger partial charge >= 0.3 is 0 Å². The molecule has 0 aromatic heterocycles. The lowest BCUT2D eigenvalue weighted by molar-refractivity contribution is -0.117. The van der Waals surface area contributed by atoms with Gasteiger partial charge in [-0.25, -0.2) is 0 Å². The Balaban J connectivity index is 2.09. The second-order valence-electron chi connectivity index (χ2n) is 5.49. The molecule has 6 nitrogen and oxygen atoms in total. The number of benzene rings is 2. The van der Waals surface area contributed by atoms with E-state index in [0.717, 1.165) is 5.56 Å². The van der Waals surface area contributed by atoms with Crippen LogP contribution >= 0.6 is 0 Å². The van der Waals surface area contributed by atoms with Crippen LogP contribution in [0.4, 0.5) is 0 Å². The van der Waals surface area contributed by atoms with Gasteiger partial charge in [-0.1, -0.05) is 42.5 Å². The van der Waals surface area contributed by atoms with E-state index in [4.69, 9.17) is 9.47 Å². The van der Waals surface area contributed by atoms with Gasteiger partial charge in [0.1, 0.15) is 11.6 Å². The average molecular weight is 364 g/mol. The molecule has 0 saturated heterocycles. The van der Waals surface area contributed by atoms with Gasteiger partial charge in [0.2, 0.25) is 5.75 Å². The first-order chi connectivity index (χ1) is 13.1. The molecule has 2 N–H and O–H groups in total. The van der Waals surface area contributed by atoms with Crippen LogP contribution in [0.5, 0.6) is 17.2 Å². The lowest BCUT2D eigenvalue weighted by Crippen LogP contribution is -2.23. The van der Waals surface area contributed by atoms with Crippen LogP contribution in [0.25, 0.3) is 6.08 Å². The third kappa shape index (κ3) is 5.38. The fraction of sp³-hybridized carbons (Fsp3) is 0.143. The van der Waals surface area contributed by atoms with E-state index < -0.39 is 5.91 Å². The van der Waals surface area contributed by atoms with Crippen LogP contribution in [0.15, 0.2) is 60.2 Å². The number of carbonyl (C=O) groups is 1. The molecular weight excluding hydrogens is 344 g/mol. The second-order valence-corrected chi connectivity index (χ2v) is 5.49. The van der Waals surface area contributed by atoms with Crippen LogP contribution in [-0.2, 0) is 11.3 Å². The number of hydrogen-bond donors (Lipinski definition) is 2. The molecule has 0 heterocycles. The van der Waals surface area contributed by atoms with Crippen LogP contribution in [0, 0.1) is 11.3 Å². The molecule has 0 radical (unpaired) electrons. The lowest BCUT2D eigenvalue weighted by atomic mass is 10.1. The van der Waals surface area contributed by atoms with Gasteiger partial charge in [-0.3, -0.25) is 4.79 Å². The molecule has 0 aliphatic heterocycles.